The van der Waals surface area contributed by atoms with E-state index in [1.165, 1.54) is 11.1 Å². The Morgan fingerprint density at radius 1 is 1.17 bits per heavy atom. The Labute approximate surface area is 151 Å². The highest BCUT2D eigenvalue weighted by Crippen LogP contribution is 2.44. The van der Waals surface area contributed by atoms with Crippen molar-refractivity contribution in [2.24, 2.45) is 11.0 Å². The molecule has 0 aromatic heterocycles. The molecule has 0 amide bonds. The second-order valence-electron chi connectivity index (χ2n) is 6.89. The van der Waals surface area contributed by atoms with Crippen LogP contribution in [0.1, 0.15) is 43.9 Å². The van der Waals surface area contributed by atoms with Crippen LogP contribution in [0.15, 0.2) is 58.1 Å². The Morgan fingerprint density at radius 2 is 1.92 bits per heavy atom. The van der Waals surface area contributed by atoms with Crippen LogP contribution in [0.25, 0.3) is 0 Å². The van der Waals surface area contributed by atoms with E-state index < -0.39 is 0 Å². The smallest absolute Gasteiger partial charge is 0.188 e. The zero-order chi connectivity index (χ0) is 16.7. The largest absolute Gasteiger partial charge is 0.469 e. The fourth-order valence-corrected chi connectivity index (χ4v) is 3.75. The molecule has 2 aromatic rings. The van der Waals surface area contributed by atoms with Gasteiger partial charge < -0.3 is 4.74 Å². The lowest BCUT2D eigenvalue weighted by Gasteiger charge is -2.38. The molecule has 2 unspecified atom stereocenters. The topological polar surface area (TPSA) is 24.8 Å². The van der Waals surface area contributed by atoms with Crippen molar-refractivity contribution in [3.63, 3.8) is 0 Å². The molecule has 0 aliphatic carbocycles. The number of benzene rings is 2. The Morgan fingerprint density at radius 3 is 2.67 bits per heavy atom. The fourth-order valence-electron chi connectivity index (χ4n) is 3.49. The first-order valence-corrected chi connectivity index (χ1v) is 9.28. The van der Waals surface area contributed by atoms with Crippen LogP contribution in [-0.2, 0) is 0 Å². The van der Waals surface area contributed by atoms with Crippen LogP contribution in [0, 0.1) is 5.92 Å². The van der Waals surface area contributed by atoms with Crippen molar-refractivity contribution in [1.82, 2.24) is 5.01 Å². The van der Waals surface area contributed by atoms with Crippen molar-refractivity contribution in [1.29, 1.82) is 0 Å². The van der Waals surface area contributed by atoms with Crippen LogP contribution in [0.3, 0.4) is 0 Å². The van der Waals surface area contributed by atoms with Gasteiger partial charge in [0.1, 0.15) is 5.75 Å². The third-order valence-corrected chi connectivity index (χ3v) is 5.16. The minimum Gasteiger partial charge on any atom is -0.469 e. The molecule has 0 saturated heterocycles. The quantitative estimate of drug-likeness (QED) is 0.710. The third-order valence-electron chi connectivity index (χ3n) is 4.63. The molecule has 0 saturated carbocycles. The van der Waals surface area contributed by atoms with Crippen LogP contribution < -0.4 is 4.74 Å². The highest BCUT2D eigenvalue weighted by molar-refractivity contribution is 9.10. The van der Waals surface area contributed by atoms with Crippen LogP contribution in [0.5, 0.6) is 5.75 Å². The van der Waals surface area contributed by atoms with Crippen molar-refractivity contribution in [3.05, 3.63) is 64.1 Å². The molecular formula is C20H21BrN2O. The van der Waals surface area contributed by atoms with E-state index in [9.17, 15) is 0 Å². The predicted octanol–water partition coefficient (Wildman–Crippen LogP) is 5.36. The molecule has 0 spiro atoms. The van der Waals surface area contributed by atoms with Crippen LogP contribution in [0.4, 0.5) is 0 Å². The van der Waals surface area contributed by atoms with Gasteiger partial charge in [0.25, 0.3) is 0 Å². The van der Waals surface area contributed by atoms with E-state index in [4.69, 9.17) is 9.84 Å². The Kier molecular flexibility index (Phi) is 4.09. The van der Waals surface area contributed by atoms with Gasteiger partial charge in [-0.25, -0.2) is 0 Å². The summed E-state index contributed by atoms with van der Waals surface area (Å²) >= 11 is 3.50. The van der Waals surface area contributed by atoms with Gasteiger partial charge >= 0.3 is 0 Å². The SMILES string of the molecule is CC(C)CC1Oc2ccccc2C2CC(c3ccc(Br)cc3)=NN12. The molecule has 0 N–H and O–H groups in total. The fraction of sp³-hybridized carbons (Fsp3) is 0.350. The number of hydrogen-bond donors (Lipinski definition) is 0. The van der Waals surface area contributed by atoms with Gasteiger partial charge in [-0.15, -0.1) is 0 Å². The summed E-state index contributed by atoms with van der Waals surface area (Å²) in [6.45, 7) is 4.46. The predicted molar refractivity (Wildman–Crippen MR) is 100 cm³/mol. The van der Waals surface area contributed by atoms with Gasteiger partial charge in [-0.05, 0) is 29.7 Å². The summed E-state index contributed by atoms with van der Waals surface area (Å²) in [6.07, 6.45) is 1.91. The number of halogens is 1. The summed E-state index contributed by atoms with van der Waals surface area (Å²) in [5.41, 5.74) is 3.57. The van der Waals surface area contributed by atoms with Crippen LogP contribution in [-0.4, -0.2) is 16.9 Å². The zero-order valence-electron chi connectivity index (χ0n) is 13.9. The molecule has 2 heterocycles. The van der Waals surface area contributed by atoms with Gasteiger partial charge in [-0.1, -0.05) is 60.1 Å². The van der Waals surface area contributed by atoms with Gasteiger partial charge in [-0.2, -0.15) is 5.10 Å². The van der Waals surface area contributed by atoms with E-state index in [0.717, 1.165) is 28.8 Å². The van der Waals surface area contributed by atoms with Gasteiger partial charge in [-0.3, -0.25) is 5.01 Å². The Bertz CT molecular complexity index is 769. The van der Waals surface area contributed by atoms with Gasteiger partial charge in [0.2, 0.25) is 0 Å². The molecule has 2 atom stereocenters. The molecule has 124 valence electrons. The monoisotopic (exact) mass is 384 g/mol. The number of hydrazone groups is 1. The first-order chi connectivity index (χ1) is 11.6. The molecule has 2 aliphatic rings. The number of fused-ring (bicyclic) bond motifs is 3. The molecule has 0 radical (unpaired) electrons. The van der Waals surface area contributed by atoms with Crippen LogP contribution in [0.2, 0.25) is 0 Å². The van der Waals surface area contributed by atoms with Crippen molar-refractivity contribution in [2.75, 3.05) is 0 Å². The summed E-state index contributed by atoms with van der Waals surface area (Å²) in [4.78, 5) is 0. The lowest BCUT2D eigenvalue weighted by Crippen LogP contribution is -2.41. The maximum absolute atomic E-state index is 6.27. The number of rotatable bonds is 3. The number of hydrogen-bond acceptors (Lipinski definition) is 3. The van der Waals surface area contributed by atoms with E-state index in [-0.39, 0.29) is 12.3 Å². The summed E-state index contributed by atoms with van der Waals surface area (Å²) in [5.74, 6) is 1.57. The Balaban J connectivity index is 1.70. The average Bonchev–Trinajstić information content (AvgIpc) is 3.01. The molecular weight excluding hydrogens is 364 g/mol. The van der Waals surface area contributed by atoms with E-state index in [2.05, 4.69) is 77.3 Å². The number of para-hydroxylation sites is 1. The second kappa shape index (κ2) is 6.25. The highest BCUT2D eigenvalue weighted by Gasteiger charge is 2.40. The first-order valence-electron chi connectivity index (χ1n) is 8.49. The summed E-state index contributed by atoms with van der Waals surface area (Å²) < 4.78 is 7.36. The lowest BCUT2D eigenvalue weighted by molar-refractivity contribution is -0.0291. The molecule has 24 heavy (non-hydrogen) atoms. The maximum Gasteiger partial charge on any atom is 0.188 e. The molecule has 2 aliphatic heterocycles. The highest BCUT2D eigenvalue weighted by atomic mass is 79.9. The molecule has 0 bridgehead atoms. The normalized spacial score (nSPS) is 22.0. The van der Waals surface area contributed by atoms with E-state index in [0.29, 0.717) is 5.92 Å². The van der Waals surface area contributed by atoms with Gasteiger partial charge in [0, 0.05) is 22.9 Å². The van der Waals surface area contributed by atoms with Crippen molar-refractivity contribution in [2.45, 2.75) is 39.0 Å². The third kappa shape index (κ3) is 2.84. The van der Waals surface area contributed by atoms with Gasteiger partial charge in [0.05, 0.1) is 11.8 Å². The van der Waals surface area contributed by atoms with Gasteiger partial charge in [0.15, 0.2) is 6.23 Å². The molecule has 3 nitrogen and oxygen atoms in total. The number of ether oxygens (including phenoxy) is 1. The summed E-state index contributed by atoms with van der Waals surface area (Å²) in [5, 5.41) is 7.13. The maximum atomic E-state index is 6.27. The Hall–Kier alpha value is -1.81. The summed E-state index contributed by atoms with van der Waals surface area (Å²) in [6, 6.07) is 17.1. The van der Waals surface area contributed by atoms with E-state index in [1.54, 1.807) is 0 Å². The van der Waals surface area contributed by atoms with Crippen molar-refractivity contribution in [3.8, 4) is 5.75 Å². The standard InChI is InChI=1S/C20H21BrN2O/c1-13(2)11-20-23-18(16-5-3-4-6-19(16)24-20)12-17(22-23)14-7-9-15(21)10-8-14/h3-10,13,18,20H,11-12H2,1-2H3. The van der Waals surface area contributed by atoms with Crippen molar-refractivity contribution >= 4 is 21.6 Å². The van der Waals surface area contributed by atoms with Crippen LogP contribution >= 0.6 is 15.9 Å². The first kappa shape index (κ1) is 15.7. The minimum atomic E-state index is 0.0119. The minimum absolute atomic E-state index is 0.0119. The van der Waals surface area contributed by atoms with Crippen molar-refractivity contribution < 1.29 is 4.74 Å². The number of nitrogens with zero attached hydrogens (tertiary/aromatic N) is 2. The molecule has 0 fully saturated rings. The summed E-state index contributed by atoms with van der Waals surface area (Å²) in [7, 11) is 0. The van der Waals surface area contributed by atoms with E-state index in [1.807, 2.05) is 6.07 Å². The molecule has 2 aromatic carbocycles. The second-order valence-corrected chi connectivity index (χ2v) is 7.81. The zero-order valence-corrected chi connectivity index (χ0v) is 15.5. The average molecular weight is 385 g/mol. The lowest BCUT2D eigenvalue weighted by atomic mass is 9.96. The van der Waals surface area contributed by atoms with E-state index >= 15 is 0 Å². The molecule has 4 rings (SSSR count). The molecule has 4 heteroatoms.